The number of carbonyl (C=O) groups is 5. The second-order valence-corrected chi connectivity index (χ2v) is 15.5. The van der Waals surface area contributed by atoms with Crippen molar-refractivity contribution in [2.45, 2.75) is 120 Å². The molecule has 2 fully saturated rings. The van der Waals surface area contributed by atoms with E-state index in [-0.39, 0.29) is 36.4 Å². The highest BCUT2D eigenvalue weighted by atomic mass is 19.4. The summed E-state index contributed by atoms with van der Waals surface area (Å²) in [4.78, 5) is 78.9. The van der Waals surface area contributed by atoms with E-state index in [1.165, 1.54) is 19.2 Å². The number of ketones is 1. The summed E-state index contributed by atoms with van der Waals surface area (Å²) in [6.45, 7) is 6.15. The molecule has 298 valence electrons. The second kappa shape index (κ2) is 14.9. The fourth-order valence-corrected chi connectivity index (χ4v) is 7.86. The van der Waals surface area contributed by atoms with E-state index in [2.05, 4.69) is 20.6 Å². The van der Waals surface area contributed by atoms with E-state index in [9.17, 15) is 37.1 Å². The number of hydrogen-bond acceptors (Lipinski definition) is 11. The molecule has 6 rings (SSSR count). The van der Waals surface area contributed by atoms with E-state index in [0.29, 0.717) is 25.7 Å². The summed E-state index contributed by atoms with van der Waals surface area (Å²) in [7, 11) is 1.31. The maximum atomic E-state index is 14.7. The van der Waals surface area contributed by atoms with Crippen LogP contribution >= 0.6 is 0 Å². The van der Waals surface area contributed by atoms with Gasteiger partial charge in [-0.3, -0.25) is 14.4 Å². The number of Topliss-reactive ketones (excluding diaryl/α,β-unsaturated/α-hetero) is 1. The first-order valence-electron chi connectivity index (χ1n) is 18.5. The molecule has 14 nitrogen and oxygen atoms in total. The van der Waals surface area contributed by atoms with Gasteiger partial charge < -0.3 is 34.5 Å². The molecule has 5 atom stereocenters. The van der Waals surface area contributed by atoms with Crippen molar-refractivity contribution in [3.05, 3.63) is 35.5 Å². The highest BCUT2D eigenvalue weighted by Crippen LogP contribution is 2.49. The molecule has 3 amide bonds. The summed E-state index contributed by atoms with van der Waals surface area (Å²) in [5, 5.41) is 5.49. The van der Waals surface area contributed by atoms with Crippen molar-refractivity contribution in [1.29, 1.82) is 0 Å². The molecule has 5 unspecified atom stereocenters. The summed E-state index contributed by atoms with van der Waals surface area (Å²) in [6.07, 6.45) is 0.486. The number of halogens is 3. The SMILES string of the molecule is CCOC(=O)C12CCC1C=CCCCCCC(NC(=O)OC(C)(C)C)C(=O)N1CC3(CC(=O)c4c(c(C(F)(F)F)nc5ccc(OC)nc45)O3)CC1C(=O)N2. The molecular formula is C38H46F3N5O9. The average Bonchev–Trinajstić information content (AvgIpc) is 3.45. The Kier molecular flexibility index (Phi) is 10.8. The van der Waals surface area contributed by atoms with Crippen LogP contribution in [0, 0.1) is 5.92 Å². The Labute approximate surface area is 315 Å². The molecule has 0 bridgehead atoms. The third-order valence-electron chi connectivity index (χ3n) is 10.5. The highest BCUT2D eigenvalue weighted by molar-refractivity contribution is 6.10. The van der Waals surface area contributed by atoms with E-state index < -0.39 is 107 Å². The third-order valence-corrected chi connectivity index (χ3v) is 10.5. The molecule has 4 aliphatic rings. The summed E-state index contributed by atoms with van der Waals surface area (Å²) >= 11 is 0. The predicted molar refractivity (Wildman–Crippen MR) is 189 cm³/mol. The van der Waals surface area contributed by atoms with Gasteiger partial charge >= 0.3 is 18.2 Å². The second-order valence-electron chi connectivity index (χ2n) is 15.5. The normalized spacial score (nSPS) is 27.4. The fourth-order valence-electron chi connectivity index (χ4n) is 7.86. The molecule has 1 saturated carbocycles. The van der Waals surface area contributed by atoms with E-state index in [1.54, 1.807) is 27.7 Å². The smallest absolute Gasteiger partial charge is 0.437 e. The molecule has 3 aliphatic heterocycles. The molecule has 5 heterocycles. The lowest BCUT2D eigenvalue weighted by Crippen LogP contribution is -2.67. The molecule has 0 radical (unpaired) electrons. The number of nitrogens with zero attached hydrogens (tertiary/aromatic N) is 3. The quantitative estimate of drug-likeness (QED) is 0.309. The van der Waals surface area contributed by atoms with Crippen LogP contribution < -0.4 is 20.1 Å². The number of esters is 1. The lowest BCUT2D eigenvalue weighted by molar-refractivity contribution is -0.161. The zero-order valence-corrected chi connectivity index (χ0v) is 31.5. The monoisotopic (exact) mass is 773 g/mol. The van der Waals surface area contributed by atoms with Crippen molar-refractivity contribution in [1.82, 2.24) is 25.5 Å². The first kappa shape index (κ1) is 39.7. The van der Waals surface area contributed by atoms with Crippen molar-refractivity contribution in [3.8, 4) is 11.6 Å². The molecule has 2 aromatic heterocycles. The first-order valence-corrected chi connectivity index (χ1v) is 18.5. The summed E-state index contributed by atoms with van der Waals surface area (Å²) < 4.78 is 66.2. The zero-order chi connectivity index (χ0) is 39.9. The summed E-state index contributed by atoms with van der Waals surface area (Å²) in [5.41, 5.74) is -6.49. The van der Waals surface area contributed by atoms with Crippen LogP contribution in [0.25, 0.3) is 11.0 Å². The molecule has 2 aromatic rings. The lowest BCUT2D eigenvalue weighted by atomic mass is 9.66. The van der Waals surface area contributed by atoms with Crippen molar-refractivity contribution in [2.24, 2.45) is 5.92 Å². The van der Waals surface area contributed by atoms with Crippen LogP contribution in [0.3, 0.4) is 0 Å². The molecule has 17 heteroatoms. The maximum Gasteiger partial charge on any atom is 0.437 e. The largest absolute Gasteiger partial charge is 0.482 e. The van der Waals surface area contributed by atoms with Crippen LogP contribution in [-0.4, -0.2) is 93.6 Å². The average molecular weight is 774 g/mol. The summed E-state index contributed by atoms with van der Waals surface area (Å²) in [5.74, 6) is -4.21. The van der Waals surface area contributed by atoms with Crippen molar-refractivity contribution in [2.75, 3.05) is 20.3 Å². The van der Waals surface area contributed by atoms with Gasteiger partial charge in [-0.1, -0.05) is 25.0 Å². The Balaban J connectivity index is 1.44. The van der Waals surface area contributed by atoms with Gasteiger partial charge in [-0.05, 0) is 65.9 Å². The van der Waals surface area contributed by atoms with Crippen molar-refractivity contribution >= 4 is 40.7 Å². The molecule has 55 heavy (non-hydrogen) atoms. The number of pyridine rings is 2. The molecule has 1 spiro atoms. The lowest BCUT2D eigenvalue weighted by Gasteiger charge is -2.47. The number of amides is 3. The number of alkyl carbamates (subject to hydrolysis) is 1. The number of nitrogens with one attached hydrogen (secondary N) is 2. The molecular weight excluding hydrogens is 727 g/mol. The Bertz CT molecular complexity index is 1910. The number of alkyl halides is 3. The third kappa shape index (κ3) is 7.92. The van der Waals surface area contributed by atoms with Gasteiger partial charge in [0, 0.05) is 18.4 Å². The van der Waals surface area contributed by atoms with Crippen molar-refractivity contribution in [3.63, 3.8) is 0 Å². The fraction of sp³-hybridized carbons (Fsp3) is 0.605. The number of allylic oxidation sites excluding steroid dienone is 1. The molecule has 1 saturated heterocycles. The number of ether oxygens (including phenoxy) is 4. The van der Waals surface area contributed by atoms with E-state index in [4.69, 9.17) is 18.9 Å². The minimum atomic E-state index is -5.08. The van der Waals surface area contributed by atoms with Crippen LogP contribution in [0.15, 0.2) is 24.3 Å². The number of hydrogen-bond donors (Lipinski definition) is 2. The van der Waals surface area contributed by atoms with Gasteiger partial charge in [0.2, 0.25) is 17.7 Å². The maximum absolute atomic E-state index is 14.7. The van der Waals surface area contributed by atoms with Gasteiger partial charge in [0.05, 0.1) is 37.8 Å². The van der Waals surface area contributed by atoms with Gasteiger partial charge in [0.25, 0.3) is 0 Å². The van der Waals surface area contributed by atoms with Gasteiger partial charge in [-0.15, -0.1) is 0 Å². The van der Waals surface area contributed by atoms with Crippen LogP contribution in [0.1, 0.15) is 102 Å². The number of carbonyl (C=O) groups excluding carboxylic acids is 5. The van der Waals surface area contributed by atoms with Crippen molar-refractivity contribution < 1.29 is 56.1 Å². The predicted octanol–water partition coefficient (Wildman–Crippen LogP) is 5.20. The first-order chi connectivity index (χ1) is 25.9. The Morgan fingerprint density at radius 1 is 1.09 bits per heavy atom. The van der Waals surface area contributed by atoms with Gasteiger partial charge in [-0.2, -0.15) is 13.2 Å². The number of methoxy groups -OCH3 is 1. The summed E-state index contributed by atoms with van der Waals surface area (Å²) in [6, 6.07) is -0.0791. The zero-order valence-electron chi connectivity index (χ0n) is 31.5. The Morgan fingerprint density at radius 2 is 1.85 bits per heavy atom. The Morgan fingerprint density at radius 3 is 2.51 bits per heavy atom. The van der Waals surface area contributed by atoms with Gasteiger partial charge in [0.1, 0.15) is 34.3 Å². The minimum Gasteiger partial charge on any atom is -0.482 e. The van der Waals surface area contributed by atoms with Crippen LogP contribution in [0.2, 0.25) is 0 Å². The van der Waals surface area contributed by atoms with Gasteiger partial charge in [-0.25, -0.2) is 19.6 Å². The van der Waals surface area contributed by atoms with E-state index in [0.717, 1.165) is 11.3 Å². The minimum absolute atomic E-state index is 0.0292. The number of rotatable bonds is 4. The number of aromatic nitrogens is 2. The Hall–Kier alpha value is -4.96. The van der Waals surface area contributed by atoms with Crippen LogP contribution in [-0.2, 0) is 30.0 Å². The van der Waals surface area contributed by atoms with Gasteiger partial charge in [0.15, 0.2) is 17.2 Å². The van der Waals surface area contributed by atoms with E-state index >= 15 is 0 Å². The van der Waals surface area contributed by atoms with E-state index in [1.807, 2.05) is 12.2 Å². The topological polar surface area (TPSA) is 175 Å². The van der Waals surface area contributed by atoms with Crippen LogP contribution in [0.5, 0.6) is 11.6 Å². The highest BCUT2D eigenvalue weighted by Gasteiger charge is 2.59. The molecule has 2 N–H and O–H groups in total. The van der Waals surface area contributed by atoms with Crippen LogP contribution in [0.4, 0.5) is 18.0 Å². The number of fused-ring (bicyclic) bond motifs is 5. The molecule has 1 aliphatic carbocycles. The standard InChI is InChI=1S/C38H46F3N5O9/c1-6-53-33(50)37-17-16-21(37)12-10-8-7-9-11-13-23(43-34(51)55-35(2,3)4)32(49)46-20-36(18-24(46)31(48)45-37)19-25(47)27-28-22(14-15-26(44-28)52-5)42-30(29(27)54-36)38(39,40)41/h10,12,14-15,21,23-24H,6-9,11,13,16-20H2,1-5H3,(H,43,51)(H,45,48). The molecule has 0 aromatic carbocycles.